The second-order valence-electron chi connectivity index (χ2n) is 4.10. The number of nitrogens with one attached hydrogen (secondary N) is 2. The number of amides is 1. The lowest BCUT2D eigenvalue weighted by atomic mass is 10.1. The van der Waals surface area contributed by atoms with Gasteiger partial charge in [0.05, 0.1) is 16.2 Å². The Balaban J connectivity index is 2.31. The van der Waals surface area contributed by atoms with Crippen LogP contribution in [0.4, 0.5) is 11.4 Å². The summed E-state index contributed by atoms with van der Waals surface area (Å²) in [5.41, 5.74) is 0.405. The first kappa shape index (κ1) is 13.5. The molecule has 2 rings (SSSR count). The number of carbonyl (C=O) groups excluding carboxylic acids is 1. The van der Waals surface area contributed by atoms with Gasteiger partial charge in [-0.3, -0.25) is 19.7 Å². The number of aromatic amines is 1. The van der Waals surface area contributed by atoms with Gasteiger partial charge in [0.25, 0.3) is 11.6 Å². The highest BCUT2D eigenvalue weighted by molar-refractivity contribution is 6.04. The second-order valence-corrected chi connectivity index (χ2v) is 4.10. The van der Waals surface area contributed by atoms with Crippen molar-refractivity contribution in [3.63, 3.8) is 0 Å². The zero-order chi connectivity index (χ0) is 14.7. The summed E-state index contributed by atoms with van der Waals surface area (Å²) in [6, 6.07) is 7.01. The van der Waals surface area contributed by atoms with Crippen molar-refractivity contribution in [3.8, 4) is 0 Å². The van der Waals surface area contributed by atoms with Gasteiger partial charge in [-0.1, -0.05) is 6.07 Å². The minimum Gasteiger partial charge on any atom is -0.329 e. The highest BCUT2D eigenvalue weighted by Crippen LogP contribution is 2.25. The molecule has 0 fully saturated rings. The van der Waals surface area contributed by atoms with Crippen LogP contribution in [0.25, 0.3) is 0 Å². The van der Waals surface area contributed by atoms with Crippen LogP contribution >= 0.6 is 0 Å². The number of nitrogens with zero attached hydrogens (tertiary/aromatic N) is 1. The summed E-state index contributed by atoms with van der Waals surface area (Å²) in [7, 11) is 0. The van der Waals surface area contributed by atoms with Crippen LogP contribution in [0.15, 0.2) is 41.3 Å². The molecular weight excluding hydrogens is 262 g/mol. The van der Waals surface area contributed by atoms with Gasteiger partial charge in [0, 0.05) is 23.9 Å². The molecule has 0 saturated carbocycles. The topological polar surface area (TPSA) is 105 Å². The van der Waals surface area contributed by atoms with Gasteiger partial charge in [0.2, 0.25) is 5.56 Å². The van der Waals surface area contributed by atoms with E-state index in [1.54, 1.807) is 13.0 Å². The molecule has 0 spiro atoms. The SMILES string of the molecule is Cc1c(NC(=O)c2cc[nH]c(=O)c2)cccc1[N+](=O)[O-]. The standard InChI is InChI=1S/C13H11N3O4/c1-8-10(3-2-4-11(8)16(19)20)15-13(18)9-5-6-14-12(17)7-9/h2-7H,1H3,(H,14,17)(H,15,18). The number of benzene rings is 1. The Morgan fingerprint density at radius 1 is 1.35 bits per heavy atom. The van der Waals surface area contributed by atoms with Crippen LogP contribution in [0.3, 0.4) is 0 Å². The van der Waals surface area contributed by atoms with E-state index in [2.05, 4.69) is 10.3 Å². The van der Waals surface area contributed by atoms with Crippen molar-refractivity contribution in [2.75, 3.05) is 5.32 Å². The van der Waals surface area contributed by atoms with Crippen molar-refractivity contribution in [1.29, 1.82) is 0 Å². The Morgan fingerprint density at radius 3 is 2.75 bits per heavy atom. The maximum Gasteiger partial charge on any atom is 0.274 e. The largest absolute Gasteiger partial charge is 0.329 e. The summed E-state index contributed by atoms with van der Waals surface area (Å²) >= 11 is 0. The number of hydrogen-bond donors (Lipinski definition) is 2. The summed E-state index contributed by atoms with van der Waals surface area (Å²) in [6.07, 6.45) is 1.36. The number of rotatable bonds is 3. The number of carbonyl (C=O) groups is 1. The van der Waals surface area contributed by atoms with Gasteiger partial charge in [0.1, 0.15) is 0 Å². The Kier molecular flexibility index (Phi) is 3.60. The van der Waals surface area contributed by atoms with E-state index in [0.29, 0.717) is 11.3 Å². The third-order valence-electron chi connectivity index (χ3n) is 2.79. The maximum absolute atomic E-state index is 12.0. The maximum atomic E-state index is 12.0. The van der Waals surface area contributed by atoms with Crippen molar-refractivity contribution < 1.29 is 9.72 Å². The quantitative estimate of drug-likeness (QED) is 0.657. The van der Waals surface area contributed by atoms with Crippen molar-refractivity contribution in [2.24, 2.45) is 0 Å². The molecule has 20 heavy (non-hydrogen) atoms. The zero-order valence-electron chi connectivity index (χ0n) is 10.5. The molecule has 0 bridgehead atoms. The van der Waals surface area contributed by atoms with E-state index in [0.717, 1.165) is 6.07 Å². The molecule has 0 saturated heterocycles. The number of H-pyrrole nitrogens is 1. The van der Waals surface area contributed by atoms with Crippen LogP contribution in [0.1, 0.15) is 15.9 Å². The lowest BCUT2D eigenvalue weighted by Crippen LogP contribution is -2.16. The summed E-state index contributed by atoms with van der Waals surface area (Å²) in [5.74, 6) is -0.500. The molecule has 1 aromatic carbocycles. The van der Waals surface area contributed by atoms with E-state index in [1.165, 1.54) is 24.4 Å². The molecular formula is C13H11N3O4. The Hall–Kier alpha value is -2.96. The van der Waals surface area contributed by atoms with Gasteiger partial charge in [-0.25, -0.2) is 0 Å². The first-order valence-corrected chi connectivity index (χ1v) is 5.73. The molecule has 0 aliphatic carbocycles. The molecule has 2 aromatic rings. The predicted molar refractivity (Wildman–Crippen MR) is 72.8 cm³/mol. The molecule has 102 valence electrons. The Morgan fingerprint density at radius 2 is 2.10 bits per heavy atom. The van der Waals surface area contributed by atoms with Crippen LogP contribution in [0, 0.1) is 17.0 Å². The number of pyridine rings is 1. The van der Waals surface area contributed by atoms with E-state index in [9.17, 15) is 19.7 Å². The number of anilines is 1. The van der Waals surface area contributed by atoms with Crippen molar-refractivity contribution in [2.45, 2.75) is 6.92 Å². The molecule has 7 heteroatoms. The van der Waals surface area contributed by atoms with Crippen molar-refractivity contribution in [1.82, 2.24) is 4.98 Å². The van der Waals surface area contributed by atoms with Crippen LogP contribution < -0.4 is 10.9 Å². The van der Waals surface area contributed by atoms with Crippen molar-refractivity contribution in [3.05, 3.63) is 68.1 Å². The minimum atomic E-state index is -0.516. The number of hydrogen-bond acceptors (Lipinski definition) is 4. The Labute approximate surface area is 113 Å². The van der Waals surface area contributed by atoms with Gasteiger partial charge in [-0.15, -0.1) is 0 Å². The molecule has 0 radical (unpaired) electrons. The van der Waals surface area contributed by atoms with Gasteiger partial charge in [-0.2, -0.15) is 0 Å². The second kappa shape index (κ2) is 5.35. The average molecular weight is 273 g/mol. The number of nitro benzene ring substituents is 1. The van der Waals surface area contributed by atoms with E-state index in [1.807, 2.05) is 0 Å². The molecule has 1 heterocycles. The predicted octanol–water partition coefficient (Wildman–Crippen LogP) is 1.84. The summed E-state index contributed by atoms with van der Waals surface area (Å²) in [6.45, 7) is 1.55. The summed E-state index contributed by atoms with van der Waals surface area (Å²) < 4.78 is 0. The molecule has 2 N–H and O–H groups in total. The minimum absolute atomic E-state index is 0.0753. The fourth-order valence-electron chi connectivity index (χ4n) is 1.74. The molecule has 7 nitrogen and oxygen atoms in total. The first-order chi connectivity index (χ1) is 9.49. The monoisotopic (exact) mass is 273 g/mol. The van der Waals surface area contributed by atoms with Gasteiger partial charge < -0.3 is 10.3 Å². The smallest absolute Gasteiger partial charge is 0.274 e. The van der Waals surface area contributed by atoms with Crippen LogP contribution in [-0.4, -0.2) is 15.8 Å². The fourth-order valence-corrected chi connectivity index (χ4v) is 1.74. The van der Waals surface area contributed by atoms with Crippen LogP contribution in [0.2, 0.25) is 0 Å². The van der Waals surface area contributed by atoms with Gasteiger partial charge >= 0.3 is 0 Å². The third kappa shape index (κ3) is 2.72. The first-order valence-electron chi connectivity index (χ1n) is 5.73. The van der Waals surface area contributed by atoms with E-state index in [4.69, 9.17) is 0 Å². The van der Waals surface area contributed by atoms with Gasteiger partial charge in [0.15, 0.2) is 0 Å². The molecule has 0 atom stereocenters. The lowest BCUT2D eigenvalue weighted by molar-refractivity contribution is -0.385. The third-order valence-corrected chi connectivity index (χ3v) is 2.79. The lowest BCUT2D eigenvalue weighted by Gasteiger charge is -2.08. The summed E-state index contributed by atoms with van der Waals surface area (Å²) in [4.78, 5) is 35.8. The fraction of sp³-hybridized carbons (Fsp3) is 0.0769. The molecule has 1 aromatic heterocycles. The van der Waals surface area contributed by atoms with Crippen molar-refractivity contribution >= 4 is 17.3 Å². The molecule has 0 aliphatic rings. The number of aromatic nitrogens is 1. The highest BCUT2D eigenvalue weighted by Gasteiger charge is 2.15. The van der Waals surface area contributed by atoms with Crippen LogP contribution in [-0.2, 0) is 0 Å². The van der Waals surface area contributed by atoms with Gasteiger partial charge in [-0.05, 0) is 19.1 Å². The zero-order valence-corrected chi connectivity index (χ0v) is 10.5. The Bertz CT molecular complexity index is 736. The molecule has 0 unspecified atom stereocenters. The van der Waals surface area contributed by atoms with E-state index in [-0.39, 0.29) is 11.3 Å². The van der Waals surface area contributed by atoms with Crippen LogP contribution in [0.5, 0.6) is 0 Å². The molecule has 0 aliphatic heterocycles. The average Bonchev–Trinajstić information content (AvgIpc) is 2.40. The molecule has 1 amide bonds. The number of nitro groups is 1. The normalized spacial score (nSPS) is 10.1. The van der Waals surface area contributed by atoms with E-state index < -0.39 is 16.4 Å². The summed E-state index contributed by atoms with van der Waals surface area (Å²) in [5, 5.41) is 13.4. The van der Waals surface area contributed by atoms with E-state index >= 15 is 0 Å². The highest BCUT2D eigenvalue weighted by atomic mass is 16.6.